The van der Waals surface area contributed by atoms with Gasteiger partial charge in [0.25, 0.3) is 0 Å². The maximum absolute atomic E-state index is 15.0. The van der Waals surface area contributed by atoms with Crippen molar-refractivity contribution in [3.05, 3.63) is 356 Å². The van der Waals surface area contributed by atoms with Crippen molar-refractivity contribution in [1.29, 1.82) is 0 Å². The van der Waals surface area contributed by atoms with Crippen LogP contribution in [0.1, 0.15) is 90.1 Å². The molecule has 10 atom stereocenters. The molecule has 4 aliphatic rings. The number of carbonyl (C=O) groups excluding carboxylic acids is 1. The lowest BCUT2D eigenvalue weighted by Gasteiger charge is -2.51. The van der Waals surface area contributed by atoms with Gasteiger partial charge in [0, 0.05) is 16.7 Å². The summed E-state index contributed by atoms with van der Waals surface area (Å²) >= 11 is 0. The molecule has 10 aromatic rings. The summed E-state index contributed by atoms with van der Waals surface area (Å²) < 4.78 is 111. The molecule has 2 fully saturated rings. The number of benzene rings is 10. The fourth-order valence-corrected chi connectivity index (χ4v) is 13.3. The first-order valence-corrected chi connectivity index (χ1v) is 33.8. The molecule has 2 spiro atoms. The Kier molecular flexibility index (Phi) is 25.1. The fraction of sp³-hybridized carbons (Fsp3) is 0.282. The predicted molar refractivity (Wildman–Crippen MR) is 376 cm³/mol. The topological polar surface area (TPSA) is 148 Å². The number of aliphatic hydroxyl groups excluding tert-OH is 1. The average Bonchev–Trinajstić information content (AvgIpc) is 1.64. The van der Waals surface area contributed by atoms with Crippen LogP contribution in [0.25, 0.3) is 0 Å². The number of carbonyl (C=O) groups is 1. The molecule has 0 aromatic heterocycles. The third-order valence-electron chi connectivity index (χ3n) is 18.3. The summed E-state index contributed by atoms with van der Waals surface area (Å²) in [6, 6.07) is 84.9. The standard InChI is InChI=1S/C42H41FO7.C42H39FO7.CH4/c2*43-37-22-35-28-49-42(36(35)21-34(37)23-44)41(48-27-33-19-11-4-12-20-33)40(47-26-32-17-9-3-10-18-32)39(46-25-31-15-7-2-8-16-31)38(50-42)29-45-24-30-13-5-1-6-14-30;/h1-22,38-41,44H,23-29H2;1-23,38-41H,24-29H2;1H4/t2*38-,39-,40+,41-,42+;/m11./s1. The molecule has 14 nitrogen and oxygen atoms in total. The van der Waals surface area contributed by atoms with Crippen LogP contribution in [0, 0.1) is 11.6 Å². The number of halogens is 2. The Morgan fingerprint density at radius 3 is 0.980 bits per heavy atom. The lowest BCUT2D eigenvalue weighted by molar-refractivity contribution is -0.387. The van der Waals surface area contributed by atoms with Crippen molar-refractivity contribution < 1.29 is 75.5 Å². The summed E-state index contributed by atoms with van der Waals surface area (Å²) in [5.41, 5.74) is 10.2. The second-order valence-corrected chi connectivity index (χ2v) is 25.1. The molecule has 10 aromatic carbocycles. The smallest absolute Gasteiger partial charge is 0.226 e. The van der Waals surface area contributed by atoms with E-state index in [2.05, 4.69) is 0 Å². The van der Waals surface area contributed by atoms with Gasteiger partial charge < -0.3 is 61.9 Å². The van der Waals surface area contributed by atoms with Crippen LogP contribution in [0.4, 0.5) is 8.78 Å². The van der Waals surface area contributed by atoms with Crippen molar-refractivity contribution in [2.24, 2.45) is 0 Å². The Morgan fingerprint density at radius 1 is 0.376 bits per heavy atom. The molecule has 522 valence electrons. The maximum Gasteiger partial charge on any atom is 0.226 e. The number of hydrogen-bond acceptors (Lipinski definition) is 14. The van der Waals surface area contributed by atoms with E-state index >= 15 is 4.39 Å². The minimum atomic E-state index is -1.57. The first-order valence-electron chi connectivity index (χ1n) is 33.8. The molecular weight excluding hydrogens is 1280 g/mol. The van der Waals surface area contributed by atoms with Crippen molar-refractivity contribution in [3.8, 4) is 0 Å². The molecule has 2 saturated heterocycles. The minimum absolute atomic E-state index is 0. The van der Waals surface area contributed by atoms with Gasteiger partial charge in [0.1, 0.15) is 60.5 Å². The van der Waals surface area contributed by atoms with E-state index in [1.807, 2.05) is 243 Å². The van der Waals surface area contributed by atoms with Gasteiger partial charge in [0.05, 0.1) is 91.5 Å². The van der Waals surface area contributed by atoms with Crippen LogP contribution in [0.15, 0.2) is 267 Å². The molecule has 0 radical (unpaired) electrons. The molecule has 16 heteroatoms. The summed E-state index contributed by atoms with van der Waals surface area (Å²) in [6.07, 6.45) is -5.48. The fourth-order valence-electron chi connectivity index (χ4n) is 13.3. The van der Waals surface area contributed by atoms with Gasteiger partial charge in [-0.25, -0.2) is 8.78 Å². The van der Waals surface area contributed by atoms with E-state index in [4.69, 9.17) is 56.8 Å². The SMILES string of the molecule is C.O=Cc1cc2c(cc1F)CO[C@]21O[C@H](COCc2ccccc2)[C@@H](OCc2ccccc2)[C@H](OCc2ccccc2)[C@H]1OCc1ccccc1.OCc1cc2c(cc1F)CO[C@]21O[C@H](COCc2ccccc2)[C@@H](OCc2ccccc2)[C@H](OCc2ccccc2)[C@H]1OCc1ccccc1. The van der Waals surface area contributed by atoms with Crippen LogP contribution >= 0.6 is 0 Å². The van der Waals surface area contributed by atoms with Crippen molar-refractivity contribution in [3.63, 3.8) is 0 Å². The molecule has 14 rings (SSSR count). The molecule has 4 aliphatic heterocycles. The summed E-state index contributed by atoms with van der Waals surface area (Å²) in [5.74, 6) is -4.21. The average molecular weight is 1370 g/mol. The molecule has 0 bridgehead atoms. The lowest BCUT2D eigenvalue weighted by Crippen LogP contribution is -2.65. The molecular formula is C85H84F2O14. The zero-order chi connectivity index (χ0) is 68.4. The number of aldehydes is 1. The molecule has 4 heterocycles. The zero-order valence-electron chi connectivity index (χ0n) is 55.3. The van der Waals surface area contributed by atoms with Crippen LogP contribution in [-0.4, -0.2) is 73.4 Å². The summed E-state index contributed by atoms with van der Waals surface area (Å²) in [4.78, 5) is 12.0. The monoisotopic (exact) mass is 1370 g/mol. The van der Waals surface area contributed by atoms with Gasteiger partial charge in [-0.1, -0.05) is 250 Å². The molecule has 0 amide bonds. The van der Waals surface area contributed by atoms with Gasteiger partial charge >= 0.3 is 0 Å². The van der Waals surface area contributed by atoms with Crippen LogP contribution < -0.4 is 0 Å². The zero-order valence-corrected chi connectivity index (χ0v) is 55.3. The summed E-state index contributed by atoms with van der Waals surface area (Å²) in [6.45, 7) is 2.20. The third-order valence-corrected chi connectivity index (χ3v) is 18.3. The Labute approximate surface area is 589 Å². The summed E-state index contributed by atoms with van der Waals surface area (Å²) in [5, 5.41) is 10.1. The van der Waals surface area contributed by atoms with E-state index in [1.54, 1.807) is 6.07 Å². The highest BCUT2D eigenvalue weighted by molar-refractivity contribution is 5.76. The predicted octanol–water partition coefficient (Wildman–Crippen LogP) is 15.7. The van der Waals surface area contributed by atoms with Crippen LogP contribution in [0.3, 0.4) is 0 Å². The van der Waals surface area contributed by atoms with Crippen molar-refractivity contribution in [2.75, 3.05) is 13.2 Å². The highest BCUT2D eigenvalue weighted by Crippen LogP contribution is 2.52. The summed E-state index contributed by atoms with van der Waals surface area (Å²) in [7, 11) is 0. The minimum Gasteiger partial charge on any atom is -0.392 e. The van der Waals surface area contributed by atoms with Crippen LogP contribution in [0.2, 0.25) is 0 Å². The van der Waals surface area contributed by atoms with E-state index in [9.17, 15) is 14.3 Å². The van der Waals surface area contributed by atoms with Crippen LogP contribution in [-0.2, 0) is 141 Å². The molecule has 1 N–H and O–H groups in total. The Morgan fingerprint density at radius 2 is 0.663 bits per heavy atom. The number of fused-ring (bicyclic) bond motifs is 4. The molecule has 0 saturated carbocycles. The van der Waals surface area contributed by atoms with E-state index < -0.39 is 78.6 Å². The number of hydrogen-bond donors (Lipinski definition) is 1. The van der Waals surface area contributed by atoms with Crippen molar-refractivity contribution in [1.82, 2.24) is 0 Å². The molecule has 101 heavy (non-hydrogen) atoms. The highest BCUT2D eigenvalue weighted by Gasteiger charge is 2.63. The highest BCUT2D eigenvalue weighted by atomic mass is 19.1. The third kappa shape index (κ3) is 17.6. The molecule has 0 aliphatic carbocycles. The first-order chi connectivity index (χ1) is 49.3. The second-order valence-electron chi connectivity index (χ2n) is 25.1. The number of aliphatic hydroxyl groups is 1. The first kappa shape index (κ1) is 72.0. The van der Waals surface area contributed by atoms with Crippen molar-refractivity contribution >= 4 is 6.29 Å². The second kappa shape index (κ2) is 35.2. The maximum atomic E-state index is 15.0. The van der Waals surface area contributed by atoms with Crippen LogP contribution in [0.5, 0.6) is 0 Å². The Balaban J connectivity index is 0.000000189. The van der Waals surface area contributed by atoms with E-state index in [1.165, 1.54) is 18.2 Å². The normalized spacial score (nSPS) is 22.6. The van der Waals surface area contributed by atoms with Gasteiger partial charge in [-0.3, -0.25) is 4.79 Å². The number of rotatable bonds is 28. The van der Waals surface area contributed by atoms with E-state index in [0.29, 0.717) is 48.4 Å². The van der Waals surface area contributed by atoms with Gasteiger partial charge in [0.15, 0.2) is 6.29 Å². The van der Waals surface area contributed by atoms with Gasteiger partial charge in [0.2, 0.25) is 11.6 Å². The van der Waals surface area contributed by atoms with E-state index in [-0.39, 0.29) is 78.0 Å². The van der Waals surface area contributed by atoms with E-state index in [0.717, 1.165) is 44.5 Å². The number of ether oxygens (including phenoxy) is 12. The Bertz CT molecular complexity index is 4150. The van der Waals surface area contributed by atoms with Crippen molar-refractivity contribution in [2.45, 2.75) is 141 Å². The van der Waals surface area contributed by atoms with Gasteiger partial charge in [-0.2, -0.15) is 0 Å². The Hall–Kier alpha value is -8.79. The van der Waals surface area contributed by atoms with Gasteiger partial charge in [-0.05, 0) is 79.9 Å². The quantitative estimate of drug-likeness (QED) is 0.0464. The molecule has 0 unspecified atom stereocenters. The largest absolute Gasteiger partial charge is 0.392 e. The van der Waals surface area contributed by atoms with Gasteiger partial charge in [-0.15, -0.1) is 0 Å². The lowest BCUT2D eigenvalue weighted by atomic mass is 9.86.